The summed E-state index contributed by atoms with van der Waals surface area (Å²) in [6, 6.07) is 9.37. The zero-order chi connectivity index (χ0) is 17.8. The largest absolute Gasteiger partial charge is 0.489 e. The molecule has 0 amide bonds. The first-order valence-electron chi connectivity index (χ1n) is 8.83. The van der Waals surface area contributed by atoms with Gasteiger partial charge in [0.1, 0.15) is 12.4 Å². The van der Waals surface area contributed by atoms with Gasteiger partial charge >= 0.3 is 0 Å². The van der Waals surface area contributed by atoms with Crippen molar-refractivity contribution in [2.45, 2.75) is 31.9 Å². The number of hydrogen-bond donors (Lipinski definition) is 1. The maximum atomic E-state index is 12.1. The summed E-state index contributed by atoms with van der Waals surface area (Å²) in [4.78, 5) is 17.3. The van der Waals surface area contributed by atoms with Gasteiger partial charge in [-0.05, 0) is 31.4 Å². The van der Waals surface area contributed by atoms with Crippen molar-refractivity contribution < 1.29 is 9.47 Å². The second-order valence-corrected chi connectivity index (χ2v) is 7.16. The molecule has 2 aromatic heterocycles. The zero-order valence-electron chi connectivity index (χ0n) is 14.4. The summed E-state index contributed by atoms with van der Waals surface area (Å²) >= 11 is 1.45. The second-order valence-electron chi connectivity index (χ2n) is 6.29. The van der Waals surface area contributed by atoms with E-state index in [2.05, 4.69) is 10.3 Å². The topological polar surface area (TPSA) is 64.9 Å². The predicted octanol–water partition coefficient (Wildman–Crippen LogP) is 3.32. The normalized spacial score (nSPS) is 17.3. The Kier molecular flexibility index (Phi) is 5.17. The minimum atomic E-state index is -0.0629. The number of nitrogens with one attached hydrogen (secondary N) is 1. The summed E-state index contributed by atoms with van der Waals surface area (Å²) in [6.07, 6.45) is 5.28. The molecule has 1 atom stereocenters. The van der Waals surface area contributed by atoms with Gasteiger partial charge < -0.3 is 14.8 Å². The van der Waals surface area contributed by atoms with E-state index in [0.29, 0.717) is 23.8 Å². The van der Waals surface area contributed by atoms with Crippen LogP contribution in [0.2, 0.25) is 0 Å². The lowest BCUT2D eigenvalue weighted by Gasteiger charge is -2.23. The van der Waals surface area contributed by atoms with E-state index in [4.69, 9.17) is 9.47 Å². The van der Waals surface area contributed by atoms with Crippen molar-refractivity contribution in [1.82, 2.24) is 9.38 Å². The van der Waals surface area contributed by atoms with Gasteiger partial charge in [-0.3, -0.25) is 9.20 Å². The van der Waals surface area contributed by atoms with Crippen LogP contribution in [0.15, 0.2) is 46.7 Å². The molecule has 1 aliphatic heterocycles. The molecule has 0 unspecified atom stereocenters. The quantitative estimate of drug-likeness (QED) is 0.720. The molecule has 1 fully saturated rings. The Hall–Kier alpha value is -2.38. The summed E-state index contributed by atoms with van der Waals surface area (Å²) in [6.45, 7) is 1.84. The average Bonchev–Trinajstić information content (AvgIpc) is 3.15. The summed E-state index contributed by atoms with van der Waals surface area (Å²) in [7, 11) is 0. The van der Waals surface area contributed by atoms with Crippen LogP contribution in [-0.2, 0) is 11.3 Å². The third kappa shape index (κ3) is 3.89. The number of fused-ring (bicyclic) bond motifs is 1. The molecule has 0 saturated carbocycles. The summed E-state index contributed by atoms with van der Waals surface area (Å²) < 4.78 is 13.2. The van der Waals surface area contributed by atoms with Crippen molar-refractivity contribution >= 4 is 22.0 Å². The number of hydrogen-bond acceptors (Lipinski definition) is 6. The highest BCUT2D eigenvalue weighted by atomic mass is 32.1. The lowest BCUT2D eigenvalue weighted by Crippen LogP contribution is -2.26. The molecule has 1 aliphatic rings. The van der Waals surface area contributed by atoms with Gasteiger partial charge in [0.05, 0.1) is 24.0 Å². The third-order valence-corrected chi connectivity index (χ3v) is 5.16. The molecule has 0 aliphatic carbocycles. The number of anilines is 1. The van der Waals surface area contributed by atoms with Crippen molar-refractivity contribution in [2.75, 3.05) is 18.5 Å². The number of ether oxygens (including phenoxy) is 2. The SMILES string of the molecule is O=c1cc(CNc2ccccc2OC[C@@H]2CCCCO2)nc2sccn12. The number of benzene rings is 1. The van der Waals surface area contributed by atoms with Gasteiger partial charge in [0.2, 0.25) is 0 Å². The maximum absolute atomic E-state index is 12.1. The smallest absolute Gasteiger partial charge is 0.258 e. The van der Waals surface area contributed by atoms with Crippen LogP contribution in [0.4, 0.5) is 5.69 Å². The number of rotatable bonds is 6. The molecular formula is C19H21N3O3S. The fraction of sp³-hybridized carbons (Fsp3) is 0.368. The van der Waals surface area contributed by atoms with Gasteiger partial charge in [-0.2, -0.15) is 0 Å². The van der Waals surface area contributed by atoms with E-state index in [1.165, 1.54) is 17.8 Å². The Balaban J connectivity index is 1.43. The Labute approximate surface area is 155 Å². The maximum Gasteiger partial charge on any atom is 0.258 e. The molecule has 0 radical (unpaired) electrons. The zero-order valence-corrected chi connectivity index (χ0v) is 15.2. The Bertz CT molecular complexity index is 931. The molecule has 1 N–H and O–H groups in total. The molecule has 7 heteroatoms. The first-order valence-corrected chi connectivity index (χ1v) is 9.71. The van der Waals surface area contributed by atoms with Crippen molar-refractivity contribution in [3.05, 3.63) is 58.0 Å². The van der Waals surface area contributed by atoms with Crippen LogP contribution in [0.1, 0.15) is 25.0 Å². The molecule has 6 nitrogen and oxygen atoms in total. The number of para-hydroxylation sites is 2. The van der Waals surface area contributed by atoms with Crippen LogP contribution in [0, 0.1) is 0 Å². The average molecular weight is 371 g/mol. The lowest BCUT2D eigenvalue weighted by atomic mass is 10.1. The van der Waals surface area contributed by atoms with Crippen LogP contribution in [-0.4, -0.2) is 28.7 Å². The minimum Gasteiger partial charge on any atom is -0.489 e. The molecule has 0 spiro atoms. The molecule has 3 heterocycles. The highest BCUT2D eigenvalue weighted by Crippen LogP contribution is 2.25. The Morgan fingerprint density at radius 1 is 1.35 bits per heavy atom. The molecule has 26 heavy (non-hydrogen) atoms. The number of nitrogens with zero attached hydrogens (tertiary/aromatic N) is 2. The van der Waals surface area contributed by atoms with E-state index < -0.39 is 0 Å². The predicted molar refractivity (Wildman–Crippen MR) is 102 cm³/mol. The lowest BCUT2D eigenvalue weighted by molar-refractivity contribution is -0.0109. The highest BCUT2D eigenvalue weighted by molar-refractivity contribution is 7.15. The van der Waals surface area contributed by atoms with Crippen molar-refractivity contribution in [3.8, 4) is 5.75 Å². The summed E-state index contributed by atoms with van der Waals surface area (Å²) in [5.74, 6) is 0.788. The van der Waals surface area contributed by atoms with E-state index in [1.54, 1.807) is 16.7 Å². The first kappa shape index (κ1) is 17.1. The van der Waals surface area contributed by atoms with Gasteiger partial charge in [0, 0.05) is 24.3 Å². The van der Waals surface area contributed by atoms with Crippen LogP contribution >= 0.6 is 11.3 Å². The van der Waals surface area contributed by atoms with Crippen molar-refractivity contribution in [2.24, 2.45) is 0 Å². The number of aromatic nitrogens is 2. The standard InChI is InChI=1S/C19H21N3O3S/c23-18-11-14(21-19-22(18)8-10-26-19)12-20-16-6-1-2-7-17(16)25-13-15-5-3-4-9-24-15/h1-2,6-8,10-11,15,20H,3-5,9,12-13H2/t15-/m0/s1. The highest BCUT2D eigenvalue weighted by Gasteiger charge is 2.15. The van der Waals surface area contributed by atoms with Gasteiger partial charge in [-0.1, -0.05) is 12.1 Å². The second kappa shape index (κ2) is 7.88. The number of thiazole rings is 1. The van der Waals surface area contributed by atoms with Gasteiger partial charge in [-0.25, -0.2) is 4.98 Å². The van der Waals surface area contributed by atoms with Crippen LogP contribution in [0.3, 0.4) is 0 Å². The van der Waals surface area contributed by atoms with E-state index in [1.807, 2.05) is 29.6 Å². The molecule has 4 rings (SSSR count). The van der Waals surface area contributed by atoms with E-state index >= 15 is 0 Å². The Morgan fingerprint density at radius 2 is 2.27 bits per heavy atom. The minimum absolute atomic E-state index is 0.0629. The third-order valence-electron chi connectivity index (χ3n) is 4.40. The molecule has 0 bridgehead atoms. The fourth-order valence-electron chi connectivity index (χ4n) is 3.02. The Morgan fingerprint density at radius 3 is 3.15 bits per heavy atom. The first-order chi connectivity index (χ1) is 12.8. The molecule has 1 aromatic carbocycles. The van der Waals surface area contributed by atoms with Crippen molar-refractivity contribution in [1.29, 1.82) is 0 Å². The summed E-state index contributed by atoms with van der Waals surface area (Å²) in [5.41, 5.74) is 1.53. The van der Waals surface area contributed by atoms with Crippen LogP contribution in [0.5, 0.6) is 5.75 Å². The van der Waals surface area contributed by atoms with Crippen LogP contribution in [0.25, 0.3) is 4.96 Å². The van der Waals surface area contributed by atoms with Gasteiger partial charge in [-0.15, -0.1) is 11.3 Å². The molecule has 3 aromatic rings. The summed E-state index contributed by atoms with van der Waals surface area (Å²) in [5, 5.41) is 5.19. The molecule has 1 saturated heterocycles. The monoisotopic (exact) mass is 371 g/mol. The fourth-order valence-corrected chi connectivity index (χ4v) is 3.76. The van der Waals surface area contributed by atoms with E-state index in [0.717, 1.165) is 30.9 Å². The molecular weight excluding hydrogens is 350 g/mol. The van der Waals surface area contributed by atoms with Gasteiger partial charge in [0.25, 0.3) is 5.56 Å². The van der Waals surface area contributed by atoms with Gasteiger partial charge in [0.15, 0.2) is 4.96 Å². The van der Waals surface area contributed by atoms with Crippen molar-refractivity contribution in [3.63, 3.8) is 0 Å². The van der Waals surface area contributed by atoms with E-state index in [9.17, 15) is 4.79 Å². The van der Waals surface area contributed by atoms with E-state index in [-0.39, 0.29) is 11.7 Å². The molecule has 136 valence electrons. The van der Waals surface area contributed by atoms with Crippen LogP contribution < -0.4 is 15.6 Å².